The number of fused-ring (bicyclic) bond motifs is 1. The predicted molar refractivity (Wildman–Crippen MR) is 125 cm³/mol. The first-order valence-electron chi connectivity index (χ1n) is 10.4. The van der Waals surface area contributed by atoms with Crippen LogP contribution >= 0.6 is 11.3 Å². The molecule has 31 heavy (non-hydrogen) atoms. The summed E-state index contributed by atoms with van der Waals surface area (Å²) in [5.41, 5.74) is 5.09. The second kappa shape index (κ2) is 8.51. The monoisotopic (exact) mass is 434 g/mol. The van der Waals surface area contributed by atoms with Crippen LogP contribution in [0.5, 0.6) is 0 Å². The molecule has 0 spiro atoms. The van der Waals surface area contributed by atoms with E-state index < -0.39 is 0 Å². The average molecular weight is 435 g/mol. The molecule has 0 radical (unpaired) electrons. The number of nitrogens with zero attached hydrogens (tertiary/aromatic N) is 3. The number of nitrogens with one attached hydrogen (secondary N) is 1. The van der Waals surface area contributed by atoms with Gasteiger partial charge in [-0.05, 0) is 43.5 Å². The molecule has 0 fully saturated rings. The Morgan fingerprint density at radius 2 is 1.87 bits per heavy atom. The van der Waals surface area contributed by atoms with Gasteiger partial charge in [-0.2, -0.15) is 0 Å². The molecule has 0 saturated carbocycles. The van der Waals surface area contributed by atoms with Crippen molar-refractivity contribution in [2.45, 2.75) is 40.3 Å². The van der Waals surface area contributed by atoms with E-state index in [0.29, 0.717) is 17.2 Å². The van der Waals surface area contributed by atoms with Gasteiger partial charge in [0.05, 0.1) is 16.9 Å². The van der Waals surface area contributed by atoms with Crippen LogP contribution in [0, 0.1) is 13.8 Å². The van der Waals surface area contributed by atoms with Crippen molar-refractivity contribution in [2.24, 2.45) is 0 Å². The number of benzene rings is 2. The largest absolute Gasteiger partial charge is 0.359 e. The molecule has 1 aliphatic rings. The van der Waals surface area contributed by atoms with Crippen LogP contribution in [-0.2, 0) is 4.79 Å². The zero-order valence-electron chi connectivity index (χ0n) is 18.2. The Morgan fingerprint density at radius 1 is 1.16 bits per heavy atom. The number of carbonyl (C=O) groups excluding carboxylic acids is 2. The number of aromatic nitrogens is 1. The van der Waals surface area contributed by atoms with Gasteiger partial charge in [-0.15, -0.1) is 11.3 Å². The molecule has 1 aliphatic heterocycles. The Kier molecular flexibility index (Phi) is 5.78. The molecule has 7 heteroatoms. The van der Waals surface area contributed by atoms with Crippen LogP contribution < -0.4 is 10.2 Å². The van der Waals surface area contributed by atoms with E-state index >= 15 is 0 Å². The lowest BCUT2D eigenvalue weighted by Crippen LogP contribution is -2.43. The van der Waals surface area contributed by atoms with Gasteiger partial charge < -0.3 is 10.2 Å². The summed E-state index contributed by atoms with van der Waals surface area (Å²) in [7, 11) is 0. The lowest BCUT2D eigenvalue weighted by molar-refractivity contribution is -0.115. The Bertz CT molecular complexity index is 1120. The summed E-state index contributed by atoms with van der Waals surface area (Å²) >= 11 is 1.41. The number of aryl methyl sites for hydroxylation is 2. The van der Waals surface area contributed by atoms with Gasteiger partial charge in [0.2, 0.25) is 5.91 Å². The molecule has 2 heterocycles. The molecule has 0 saturated heterocycles. The predicted octanol–water partition coefficient (Wildman–Crippen LogP) is 5.42. The highest BCUT2D eigenvalue weighted by Gasteiger charge is 2.34. The van der Waals surface area contributed by atoms with Crippen LogP contribution in [0.4, 0.5) is 16.5 Å². The van der Waals surface area contributed by atoms with E-state index in [-0.39, 0.29) is 18.0 Å². The normalized spacial score (nSPS) is 15.4. The van der Waals surface area contributed by atoms with Crippen LogP contribution in [-0.4, -0.2) is 28.2 Å². The Morgan fingerprint density at radius 3 is 2.55 bits per heavy atom. The van der Waals surface area contributed by atoms with E-state index in [1.165, 1.54) is 11.3 Å². The van der Waals surface area contributed by atoms with Crippen molar-refractivity contribution in [3.05, 3.63) is 70.2 Å². The molecule has 2 aromatic carbocycles. The van der Waals surface area contributed by atoms with Crippen LogP contribution in [0.3, 0.4) is 0 Å². The summed E-state index contributed by atoms with van der Waals surface area (Å²) < 4.78 is 0. The summed E-state index contributed by atoms with van der Waals surface area (Å²) in [5.74, 6) is -0.101. The molecule has 2 amide bonds. The molecule has 1 atom stereocenters. The highest BCUT2D eigenvalue weighted by atomic mass is 32.1. The number of carbonyl (C=O) groups is 2. The third kappa shape index (κ3) is 3.81. The van der Waals surface area contributed by atoms with Gasteiger partial charge in [-0.25, -0.2) is 4.98 Å². The van der Waals surface area contributed by atoms with E-state index in [2.05, 4.69) is 12.2 Å². The highest BCUT2D eigenvalue weighted by molar-refractivity contribution is 7.14. The minimum Gasteiger partial charge on any atom is -0.359 e. The van der Waals surface area contributed by atoms with Crippen LogP contribution in [0.15, 0.2) is 47.8 Å². The molecule has 6 nitrogen and oxygen atoms in total. The maximum absolute atomic E-state index is 13.1. The average Bonchev–Trinajstić information content (AvgIpc) is 3.22. The van der Waals surface area contributed by atoms with Gasteiger partial charge in [-0.3, -0.25) is 14.5 Å². The fraction of sp³-hybridized carbons (Fsp3) is 0.292. The fourth-order valence-electron chi connectivity index (χ4n) is 4.05. The minimum atomic E-state index is -0.376. The summed E-state index contributed by atoms with van der Waals surface area (Å²) in [6.07, 6.45) is 0.463. The highest BCUT2D eigenvalue weighted by Crippen LogP contribution is 2.38. The van der Waals surface area contributed by atoms with E-state index in [9.17, 15) is 9.59 Å². The Labute approximate surface area is 186 Å². The molecular weight excluding hydrogens is 408 g/mol. The number of thiazole rings is 1. The van der Waals surface area contributed by atoms with E-state index in [4.69, 9.17) is 4.98 Å². The summed E-state index contributed by atoms with van der Waals surface area (Å²) in [6, 6.07) is 13.5. The third-order valence-corrected chi connectivity index (χ3v) is 6.29. The Hall–Kier alpha value is -3.19. The molecule has 0 bridgehead atoms. The fourth-order valence-corrected chi connectivity index (χ4v) is 4.94. The first kappa shape index (κ1) is 21.1. The molecule has 3 aromatic rings. The zero-order valence-corrected chi connectivity index (χ0v) is 19.0. The first-order chi connectivity index (χ1) is 14.9. The van der Waals surface area contributed by atoms with Gasteiger partial charge in [0, 0.05) is 24.5 Å². The zero-order chi connectivity index (χ0) is 22.1. The summed E-state index contributed by atoms with van der Waals surface area (Å²) in [4.78, 5) is 34.1. The van der Waals surface area contributed by atoms with Crippen LogP contribution in [0.25, 0.3) is 0 Å². The van der Waals surface area contributed by atoms with Gasteiger partial charge in [-0.1, -0.05) is 37.3 Å². The summed E-state index contributed by atoms with van der Waals surface area (Å²) in [5, 5.41) is 6.00. The van der Waals surface area contributed by atoms with Crippen molar-refractivity contribution < 1.29 is 9.59 Å². The number of hydrogen-bond donors (Lipinski definition) is 1. The van der Waals surface area contributed by atoms with Crippen molar-refractivity contribution in [2.75, 3.05) is 16.8 Å². The molecule has 0 aliphatic carbocycles. The third-order valence-electron chi connectivity index (χ3n) is 5.45. The SMILES string of the molecule is CCCN1C(=O)c2ccccc2N[C@H]1c1csc(N(C(C)=O)c2c(C)cccc2C)n1. The van der Waals surface area contributed by atoms with Gasteiger partial charge in [0.25, 0.3) is 5.91 Å². The molecule has 160 valence electrons. The summed E-state index contributed by atoms with van der Waals surface area (Å²) in [6.45, 7) is 8.21. The second-order valence-corrected chi connectivity index (χ2v) is 8.58. The van der Waals surface area contributed by atoms with Crippen LogP contribution in [0.2, 0.25) is 0 Å². The van der Waals surface area contributed by atoms with E-state index in [0.717, 1.165) is 34.6 Å². The lowest BCUT2D eigenvalue weighted by atomic mass is 10.1. The number of rotatable bonds is 5. The van der Waals surface area contributed by atoms with Gasteiger partial charge >= 0.3 is 0 Å². The van der Waals surface area contributed by atoms with Crippen molar-refractivity contribution in [1.82, 2.24) is 9.88 Å². The lowest BCUT2D eigenvalue weighted by Gasteiger charge is -2.37. The smallest absolute Gasteiger partial charge is 0.257 e. The van der Waals surface area contributed by atoms with E-state index in [1.807, 2.05) is 66.6 Å². The number of anilines is 3. The molecule has 1 aromatic heterocycles. The standard InChI is InChI=1S/C24H26N4O2S/c1-5-13-27-22(25-19-12-7-6-11-18(19)23(27)30)20-14-31-24(26-20)28(17(4)29)21-15(2)9-8-10-16(21)3/h6-12,14,22,25H,5,13H2,1-4H3/t22-/m1/s1. The topological polar surface area (TPSA) is 65.5 Å². The number of amides is 2. The minimum absolute atomic E-state index is 0.00563. The van der Waals surface area contributed by atoms with Crippen molar-refractivity contribution in [3.63, 3.8) is 0 Å². The number of hydrogen-bond acceptors (Lipinski definition) is 5. The van der Waals surface area contributed by atoms with Gasteiger partial charge in [0.1, 0.15) is 6.17 Å². The van der Waals surface area contributed by atoms with Crippen molar-refractivity contribution in [1.29, 1.82) is 0 Å². The first-order valence-corrected chi connectivity index (χ1v) is 11.3. The van der Waals surface area contributed by atoms with E-state index in [1.54, 1.807) is 11.8 Å². The molecule has 1 N–H and O–H groups in total. The van der Waals surface area contributed by atoms with Crippen molar-refractivity contribution >= 4 is 39.7 Å². The van der Waals surface area contributed by atoms with Crippen LogP contribution in [0.1, 0.15) is 53.6 Å². The number of para-hydroxylation sites is 2. The molecular formula is C24H26N4O2S. The van der Waals surface area contributed by atoms with Gasteiger partial charge in [0.15, 0.2) is 5.13 Å². The maximum Gasteiger partial charge on any atom is 0.257 e. The molecule has 0 unspecified atom stereocenters. The van der Waals surface area contributed by atoms with Crippen molar-refractivity contribution in [3.8, 4) is 0 Å². The second-order valence-electron chi connectivity index (χ2n) is 7.74. The quantitative estimate of drug-likeness (QED) is 0.582. The maximum atomic E-state index is 13.1. The molecule has 4 rings (SSSR count). The Balaban J connectivity index is 1.75.